The van der Waals surface area contributed by atoms with Crippen LogP contribution in [0.25, 0.3) is 0 Å². The highest BCUT2D eigenvalue weighted by Crippen LogP contribution is 2.21. The first kappa shape index (κ1) is 19.6. The van der Waals surface area contributed by atoms with Gasteiger partial charge in [-0.3, -0.25) is 9.69 Å². The summed E-state index contributed by atoms with van der Waals surface area (Å²) in [6.07, 6.45) is 1.45. The van der Waals surface area contributed by atoms with Crippen LogP contribution in [-0.2, 0) is 19.6 Å². The number of rotatable bonds is 4. The van der Waals surface area contributed by atoms with Crippen molar-refractivity contribution in [3.05, 3.63) is 0 Å². The lowest BCUT2D eigenvalue weighted by Gasteiger charge is -2.43. The van der Waals surface area contributed by atoms with Crippen LogP contribution in [0.2, 0.25) is 0 Å². The van der Waals surface area contributed by atoms with E-state index in [1.165, 1.54) is 10.6 Å². The minimum Gasteiger partial charge on any atom is -0.373 e. The van der Waals surface area contributed by atoms with Gasteiger partial charge in [-0.2, -0.15) is 4.31 Å². The quantitative estimate of drug-likeness (QED) is 0.717. The summed E-state index contributed by atoms with van der Waals surface area (Å²) in [6, 6.07) is -0.177. The molecule has 2 aliphatic heterocycles. The second-order valence-electron chi connectivity index (χ2n) is 7.39. The summed E-state index contributed by atoms with van der Waals surface area (Å²) in [6.45, 7) is 11.4. The van der Waals surface area contributed by atoms with Crippen LogP contribution in [0, 0.1) is 5.92 Å². The third kappa shape index (κ3) is 4.68. The molecule has 0 aromatic carbocycles. The van der Waals surface area contributed by atoms with Crippen molar-refractivity contribution in [3.8, 4) is 0 Å². The van der Waals surface area contributed by atoms with Gasteiger partial charge in [0.1, 0.15) is 0 Å². The summed E-state index contributed by atoms with van der Waals surface area (Å²) in [4.78, 5) is 17.1. The van der Waals surface area contributed by atoms with Crippen molar-refractivity contribution in [1.82, 2.24) is 14.1 Å². The average Bonchev–Trinajstić information content (AvgIpc) is 2.45. The Morgan fingerprint density at radius 1 is 1.04 bits per heavy atom. The minimum absolute atomic E-state index is 0.111. The fourth-order valence-corrected chi connectivity index (χ4v) is 4.56. The van der Waals surface area contributed by atoms with E-state index in [2.05, 4.69) is 18.7 Å². The number of hydrogen-bond acceptors (Lipinski definition) is 5. The Bertz CT molecular complexity index is 534. The van der Waals surface area contributed by atoms with Gasteiger partial charge >= 0.3 is 0 Å². The molecule has 3 unspecified atom stereocenters. The van der Waals surface area contributed by atoms with Crippen molar-refractivity contribution in [2.45, 2.75) is 45.9 Å². The van der Waals surface area contributed by atoms with Gasteiger partial charge in [0.15, 0.2) is 0 Å². The molecule has 2 saturated heterocycles. The Kier molecular flexibility index (Phi) is 6.28. The molecule has 7 nitrogen and oxygen atoms in total. The van der Waals surface area contributed by atoms with E-state index in [1.54, 1.807) is 0 Å². The van der Waals surface area contributed by atoms with Crippen molar-refractivity contribution in [3.63, 3.8) is 0 Å². The predicted octanol–water partition coefficient (Wildman–Crippen LogP) is 0.224. The van der Waals surface area contributed by atoms with E-state index >= 15 is 0 Å². The number of piperazine rings is 1. The maximum absolute atomic E-state index is 13.1. The number of hydrogen-bond donors (Lipinski definition) is 0. The number of ether oxygens (including phenoxy) is 1. The normalized spacial score (nSPS) is 29.0. The number of morpholine rings is 1. The first-order valence-electron chi connectivity index (χ1n) is 8.73. The van der Waals surface area contributed by atoms with Crippen molar-refractivity contribution in [2.75, 3.05) is 45.5 Å². The Labute approximate surface area is 146 Å². The van der Waals surface area contributed by atoms with Gasteiger partial charge in [-0.15, -0.1) is 0 Å². The zero-order valence-electron chi connectivity index (χ0n) is 15.4. The van der Waals surface area contributed by atoms with Crippen LogP contribution in [0.1, 0.15) is 27.7 Å². The van der Waals surface area contributed by atoms with Gasteiger partial charge in [-0.25, -0.2) is 8.42 Å². The van der Waals surface area contributed by atoms with Gasteiger partial charge in [0.25, 0.3) is 0 Å². The van der Waals surface area contributed by atoms with Crippen LogP contribution in [0.15, 0.2) is 0 Å². The fourth-order valence-electron chi connectivity index (χ4n) is 3.73. The van der Waals surface area contributed by atoms with E-state index in [9.17, 15) is 13.2 Å². The van der Waals surface area contributed by atoms with Crippen LogP contribution in [0.4, 0.5) is 0 Å². The summed E-state index contributed by atoms with van der Waals surface area (Å²) >= 11 is 0. The molecule has 0 radical (unpaired) electrons. The summed E-state index contributed by atoms with van der Waals surface area (Å²) in [5.41, 5.74) is 0. The third-order valence-electron chi connectivity index (χ3n) is 4.75. The first-order chi connectivity index (χ1) is 11.1. The van der Waals surface area contributed by atoms with Gasteiger partial charge < -0.3 is 9.64 Å². The molecule has 2 rings (SSSR count). The number of carbonyl (C=O) groups excluding carboxylic acids is 1. The number of nitrogens with zero attached hydrogens (tertiary/aromatic N) is 3. The lowest BCUT2D eigenvalue weighted by molar-refractivity contribution is -0.146. The van der Waals surface area contributed by atoms with Gasteiger partial charge in [0, 0.05) is 39.3 Å². The molecule has 0 bridgehead atoms. The van der Waals surface area contributed by atoms with Crippen molar-refractivity contribution in [2.24, 2.45) is 5.92 Å². The van der Waals surface area contributed by atoms with E-state index in [1.807, 2.05) is 18.7 Å². The Balaban J connectivity index is 2.05. The summed E-state index contributed by atoms with van der Waals surface area (Å²) in [5, 5.41) is 0. The van der Waals surface area contributed by atoms with Gasteiger partial charge in [-0.1, -0.05) is 13.8 Å². The minimum atomic E-state index is -3.18. The molecular weight excluding hydrogens is 330 g/mol. The highest BCUT2D eigenvalue weighted by molar-refractivity contribution is 7.88. The molecule has 0 N–H and O–H groups in total. The molecule has 2 aliphatic rings. The molecule has 2 heterocycles. The highest BCUT2D eigenvalue weighted by atomic mass is 32.2. The summed E-state index contributed by atoms with van der Waals surface area (Å²) in [5.74, 6) is 0.308. The zero-order valence-corrected chi connectivity index (χ0v) is 16.3. The molecule has 3 atom stereocenters. The largest absolute Gasteiger partial charge is 0.373 e. The van der Waals surface area contributed by atoms with E-state index in [-0.39, 0.29) is 30.1 Å². The van der Waals surface area contributed by atoms with E-state index < -0.39 is 10.0 Å². The van der Waals surface area contributed by atoms with Crippen LogP contribution in [0.3, 0.4) is 0 Å². The van der Waals surface area contributed by atoms with Gasteiger partial charge in [-0.05, 0) is 19.8 Å². The average molecular weight is 362 g/mol. The topological polar surface area (TPSA) is 70.2 Å². The van der Waals surface area contributed by atoms with Gasteiger partial charge in [0.05, 0.1) is 24.5 Å². The molecule has 140 valence electrons. The number of amides is 1. The highest BCUT2D eigenvalue weighted by Gasteiger charge is 2.37. The lowest BCUT2D eigenvalue weighted by Crippen LogP contribution is -2.60. The Hall–Kier alpha value is -0.700. The maximum atomic E-state index is 13.1. The molecule has 0 aromatic heterocycles. The standard InChI is InChI=1S/C16H31N3O4S/c1-12(2)15(18-10-13(3)23-14(4)11-18)16(20)17-6-8-19(9-7-17)24(5,21)22/h12-15H,6-11H2,1-5H3. The molecule has 24 heavy (non-hydrogen) atoms. The SMILES string of the molecule is CC1CN(C(C(=O)N2CCN(S(C)(=O)=O)CC2)C(C)C)CC(C)O1. The molecule has 0 aromatic rings. The Morgan fingerprint density at radius 3 is 1.96 bits per heavy atom. The van der Waals surface area contributed by atoms with Crippen LogP contribution in [0.5, 0.6) is 0 Å². The summed E-state index contributed by atoms with van der Waals surface area (Å²) in [7, 11) is -3.18. The third-order valence-corrected chi connectivity index (χ3v) is 6.05. The molecule has 8 heteroatoms. The van der Waals surface area contributed by atoms with Crippen molar-refractivity contribution >= 4 is 15.9 Å². The number of carbonyl (C=O) groups is 1. The van der Waals surface area contributed by atoms with Gasteiger partial charge in [0.2, 0.25) is 15.9 Å². The molecule has 0 saturated carbocycles. The van der Waals surface area contributed by atoms with Crippen molar-refractivity contribution < 1.29 is 17.9 Å². The van der Waals surface area contributed by atoms with E-state index in [4.69, 9.17) is 4.74 Å². The van der Waals surface area contributed by atoms with E-state index in [0.717, 1.165) is 13.1 Å². The molecule has 2 fully saturated rings. The van der Waals surface area contributed by atoms with E-state index in [0.29, 0.717) is 26.2 Å². The lowest BCUT2D eigenvalue weighted by atomic mass is 9.98. The van der Waals surface area contributed by atoms with Crippen LogP contribution in [-0.4, -0.2) is 92.2 Å². The van der Waals surface area contributed by atoms with Crippen LogP contribution < -0.4 is 0 Å². The second kappa shape index (κ2) is 7.68. The predicted molar refractivity (Wildman–Crippen MR) is 93.2 cm³/mol. The second-order valence-corrected chi connectivity index (χ2v) is 9.37. The molecule has 1 amide bonds. The monoisotopic (exact) mass is 361 g/mol. The Morgan fingerprint density at radius 2 is 1.54 bits per heavy atom. The smallest absolute Gasteiger partial charge is 0.240 e. The molecule has 0 aliphatic carbocycles. The number of sulfonamides is 1. The molecule has 0 spiro atoms. The maximum Gasteiger partial charge on any atom is 0.240 e. The van der Waals surface area contributed by atoms with Crippen LogP contribution >= 0.6 is 0 Å². The molecular formula is C16H31N3O4S. The first-order valence-corrected chi connectivity index (χ1v) is 10.6. The van der Waals surface area contributed by atoms with Crippen molar-refractivity contribution in [1.29, 1.82) is 0 Å². The summed E-state index contributed by atoms with van der Waals surface area (Å²) < 4.78 is 30.5. The zero-order chi connectivity index (χ0) is 18.1. The fraction of sp³-hybridized carbons (Fsp3) is 0.938.